The minimum absolute atomic E-state index is 0.0600. The number of hydrogen-bond donors (Lipinski definition) is 0. The third-order valence-electron chi connectivity index (χ3n) is 5.94. The van der Waals surface area contributed by atoms with Crippen molar-refractivity contribution in [2.75, 3.05) is 13.1 Å². The lowest BCUT2D eigenvalue weighted by atomic mass is 9.84. The second kappa shape index (κ2) is 7.10. The summed E-state index contributed by atoms with van der Waals surface area (Å²) in [6.45, 7) is 11.1. The predicted octanol–water partition coefficient (Wildman–Crippen LogP) is 4.70. The summed E-state index contributed by atoms with van der Waals surface area (Å²) in [7, 11) is 0. The third kappa shape index (κ3) is 3.25. The molecule has 0 bridgehead atoms. The smallest absolute Gasteiger partial charge is 0.286 e. The highest BCUT2D eigenvalue weighted by molar-refractivity contribution is 8.18. The molecule has 1 spiro atoms. The van der Waals surface area contributed by atoms with Crippen molar-refractivity contribution in [3.8, 4) is 0 Å². The first kappa shape index (κ1) is 18.8. The van der Waals surface area contributed by atoms with E-state index in [-0.39, 0.29) is 11.5 Å². The summed E-state index contributed by atoms with van der Waals surface area (Å²) in [5.41, 5.74) is 3.74. The van der Waals surface area contributed by atoms with Gasteiger partial charge in [-0.05, 0) is 53.1 Å². The number of amidine groups is 1. The lowest BCUT2D eigenvalue weighted by Crippen LogP contribution is -2.44. The summed E-state index contributed by atoms with van der Waals surface area (Å²) in [6.07, 6.45) is 1.89. The zero-order chi connectivity index (χ0) is 19.2. The minimum Gasteiger partial charge on any atom is -0.365 e. The predicted molar refractivity (Wildman–Crippen MR) is 110 cm³/mol. The van der Waals surface area contributed by atoms with Crippen molar-refractivity contribution in [2.45, 2.75) is 52.7 Å². The number of carbonyl (C=O) groups is 1. The fourth-order valence-corrected chi connectivity index (χ4v) is 6.01. The number of rotatable bonds is 2. The van der Waals surface area contributed by atoms with Gasteiger partial charge in [-0.25, -0.2) is 0 Å². The van der Waals surface area contributed by atoms with Gasteiger partial charge >= 0.3 is 0 Å². The zero-order valence-electron chi connectivity index (χ0n) is 16.6. The summed E-state index contributed by atoms with van der Waals surface area (Å²) in [5, 5.41) is 0.870. The van der Waals surface area contributed by atoms with Crippen LogP contribution in [0.2, 0.25) is 0 Å². The van der Waals surface area contributed by atoms with Crippen molar-refractivity contribution in [1.29, 1.82) is 0 Å². The van der Waals surface area contributed by atoms with E-state index in [1.165, 1.54) is 16.7 Å². The van der Waals surface area contributed by atoms with Gasteiger partial charge in [0.25, 0.3) is 5.91 Å². The number of benzene rings is 1. The van der Waals surface area contributed by atoms with E-state index in [1.54, 1.807) is 11.8 Å². The van der Waals surface area contributed by atoms with Gasteiger partial charge < -0.3 is 9.64 Å². The molecule has 5 heteroatoms. The molecular weight excluding hydrogens is 356 g/mol. The fourth-order valence-electron chi connectivity index (χ4n) is 4.66. The maximum absolute atomic E-state index is 12.6. The van der Waals surface area contributed by atoms with E-state index >= 15 is 0 Å². The van der Waals surface area contributed by atoms with Crippen molar-refractivity contribution in [3.05, 3.63) is 45.9 Å². The molecule has 1 saturated heterocycles. The molecule has 144 valence electrons. The Hall–Kier alpha value is -1.59. The molecule has 3 heterocycles. The molecule has 0 aromatic heterocycles. The summed E-state index contributed by atoms with van der Waals surface area (Å²) >= 11 is 1.57. The van der Waals surface area contributed by atoms with Crippen LogP contribution in [0.25, 0.3) is 0 Å². The quantitative estimate of drug-likeness (QED) is 0.693. The topological polar surface area (TPSA) is 41.9 Å². The first-order valence-corrected chi connectivity index (χ1v) is 10.7. The van der Waals surface area contributed by atoms with E-state index in [9.17, 15) is 4.79 Å². The summed E-state index contributed by atoms with van der Waals surface area (Å²) in [4.78, 5) is 20.1. The standard InChI is InChI=1S/C22H28N2O2S/c1-14(2)18(15(3)4)19-20(25)23-21(27-19)24-11-9-22(10-12-24)17-8-6-5-7-16(17)13-26-22/h5-8,14-15H,9-13H2,1-4H3. The SMILES string of the molecule is CC(C)C(=C1SC(N2CCC3(CC2)OCc2ccccc23)=NC1=O)C(C)C. The molecule has 3 aliphatic rings. The van der Waals surface area contributed by atoms with Crippen LogP contribution >= 0.6 is 11.8 Å². The van der Waals surface area contributed by atoms with Crippen LogP contribution < -0.4 is 0 Å². The second-order valence-electron chi connectivity index (χ2n) is 8.32. The Morgan fingerprint density at radius 2 is 1.81 bits per heavy atom. The van der Waals surface area contributed by atoms with Gasteiger partial charge in [-0.3, -0.25) is 4.79 Å². The summed E-state index contributed by atoms with van der Waals surface area (Å²) < 4.78 is 6.26. The van der Waals surface area contributed by atoms with Gasteiger partial charge in [0.1, 0.15) is 0 Å². The van der Waals surface area contributed by atoms with Crippen molar-refractivity contribution in [2.24, 2.45) is 16.8 Å². The van der Waals surface area contributed by atoms with Gasteiger partial charge in [0.15, 0.2) is 5.17 Å². The van der Waals surface area contributed by atoms with Crippen molar-refractivity contribution in [1.82, 2.24) is 4.90 Å². The minimum atomic E-state index is -0.152. The van der Waals surface area contributed by atoms with Crippen LogP contribution in [-0.4, -0.2) is 29.1 Å². The van der Waals surface area contributed by atoms with Crippen LogP contribution in [0.5, 0.6) is 0 Å². The molecule has 1 amide bonds. The monoisotopic (exact) mass is 384 g/mol. The molecule has 4 nitrogen and oxygen atoms in total. The van der Waals surface area contributed by atoms with Crippen LogP contribution in [0.1, 0.15) is 51.7 Å². The van der Waals surface area contributed by atoms with Gasteiger partial charge in [0, 0.05) is 13.1 Å². The van der Waals surface area contributed by atoms with Crippen molar-refractivity contribution >= 4 is 22.8 Å². The molecule has 0 radical (unpaired) electrons. The lowest BCUT2D eigenvalue weighted by Gasteiger charge is -2.39. The highest BCUT2D eigenvalue weighted by Gasteiger charge is 2.43. The molecule has 0 atom stereocenters. The van der Waals surface area contributed by atoms with Crippen molar-refractivity contribution < 1.29 is 9.53 Å². The summed E-state index contributed by atoms with van der Waals surface area (Å²) in [5.74, 6) is 0.660. The number of fused-ring (bicyclic) bond motifs is 2. The second-order valence-corrected chi connectivity index (χ2v) is 9.30. The van der Waals surface area contributed by atoms with Crippen molar-refractivity contribution in [3.63, 3.8) is 0 Å². The Morgan fingerprint density at radius 1 is 1.15 bits per heavy atom. The molecule has 27 heavy (non-hydrogen) atoms. The number of nitrogens with zero attached hydrogens (tertiary/aromatic N) is 2. The molecule has 0 saturated carbocycles. The first-order valence-electron chi connectivity index (χ1n) is 9.93. The van der Waals surface area contributed by atoms with Crippen LogP contribution in [-0.2, 0) is 21.7 Å². The molecule has 1 fully saturated rings. The van der Waals surface area contributed by atoms with E-state index in [4.69, 9.17) is 4.74 Å². The number of amides is 1. The number of allylic oxidation sites excluding steroid dienone is 1. The number of hydrogen-bond acceptors (Lipinski definition) is 4. The number of likely N-dealkylation sites (tertiary alicyclic amines) is 1. The zero-order valence-corrected chi connectivity index (χ0v) is 17.4. The lowest BCUT2D eigenvalue weighted by molar-refractivity contribution is -0.113. The highest BCUT2D eigenvalue weighted by atomic mass is 32.2. The first-order chi connectivity index (χ1) is 12.9. The molecule has 1 aromatic rings. The maximum atomic E-state index is 12.6. The molecule has 0 unspecified atom stereocenters. The molecule has 0 aliphatic carbocycles. The molecule has 0 N–H and O–H groups in total. The Balaban J connectivity index is 1.50. The Kier molecular flexibility index (Phi) is 4.93. The van der Waals surface area contributed by atoms with E-state index < -0.39 is 0 Å². The van der Waals surface area contributed by atoms with Gasteiger partial charge in [-0.15, -0.1) is 0 Å². The number of carbonyl (C=O) groups excluding carboxylic acids is 1. The molecule has 1 aromatic carbocycles. The Morgan fingerprint density at radius 3 is 2.48 bits per heavy atom. The van der Waals surface area contributed by atoms with E-state index in [0.29, 0.717) is 18.4 Å². The third-order valence-corrected chi connectivity index (χ3v) is 7.09. The summed E-state index contributed by atoms with van der Waals surface area (Å²) in [6, 6.07) is 8.57. The van der Waals surface area contributed by atoms with Gasteiger partial charge in [-0.1, -0.05) is 52.0 Å². The number of aliphatic imine (C=N–C) groups is 1. The maximum Gasteiger partial charge on any atom is 0.286 e. The van der Waals surface area contributed by atoms with E-state index in [0.717, 1.165) is 36.0 Å². The van der Waals surface area contributed by atoms with Crippen LogP contribution in [0.15, 0.2) is 39.7 Å². The fraction of sp³-hybridized carbons (Fsp3) is 0.545. The van der Waals surface area contributed by atoms with Crippen LogP contribution in [0.4, 0.5) is 0 Å². The number of piperidine rings is 1. The number of thioether (sulfide) groups is 1. The Labute approximate surface area is 166 Å². The average molecular weight is 385 g/mol. The number of ether oxygens (including phenoxy) is 1. The molecule has 3 aliphatic heterocycles. The van der Waals surface area contributed by atoms with Crippen LogP contribution in [0.3, 0.4) is 0 Å². The largest absolute Gasteiger partial charge is 0.365 e. The molecule has 4 rings (SSSR count). The normalized spacial score (nSPS) is 21.4. The van der Waals surface area contributed by atoms with Crippen LogP contribution in [0, 0.1) is 11.8 Å². The molecular formula is C22H28N2O2S. The highest BCUT2D eigenvalue weighted by Crippen LogP contribution is 2.45. The van der Waals surface area contributed by atoms with Gasteiger partial charge in [-0.2, -0.15) is 4.99 Å². The van der Waals surface area contributed by atoms with Gasteiger partial charge in [0.05, 0.1) is 17.1 Å². The van der Waals surface area contributed by atoms with Gasteiger partial charge in [0.2, 0.25) is 0 Å². The van der Waals surface area contributed by atoms with E-state index in [2.05, 4.69) is 61.9 Å². The average Bonchev–Trinajstić information content (AvgIpc) is 3.18. The van der Waals surface area contributed by atoms with E-state index in [1.807, 2.05) is 0 Å². The Bertz CT molecular complexity index is 807.